The third-order valence-corrected chi connectivity index (χ3v) is 7.94. The first-order valence-electron chi connectivity index (χ1n) is 11.0. The topological polar surface area (TPSA) is 83.6 Å². The van der Waals surface area contributed by atoms with E-state index in [4.69, 9.17) is 0 Å². The maximum absolute atomic E-state index is 13.1. The van der Waals surface area contributed by atoms with E-state index in [2.05, 4.69) is 24.1 Å². The Kier molecular flexibility index (Phi) is 6.44. The Morgan fingerprint density at radius 1 is 0.879 bits per heavy atom. The molecule has 7 heteroatoms. The molecule has 0 radical (unpaired) electrons. The van der Waals surface area contributed by atoms with Crippen LogP contribution in [0.1, 0.15) is 51.7 Å². The number of nitrogens with one attached hydrogen (secondary N) is 1. The fraction of sp³-hybridized carbons (Fsp3) is 0.231. The second-order valence-corrected chi connectivity index (χ2v) is 9.78. The van der Waals surface area contributed by atoms with Crippen molar-refractivity contribution in [1.29, 1.82) is 0 Å². The van der Waals surface area contributed by atoms with E-state index in [9.17, 15) is 18.0 Å². The van der Waals surface area contributed by atoms with Gasteiger partial charge in [-0.25, -0.2) is 8.42 Å². The van der Waals surface area contributed by atoms with Gasteiger partial charge in [0.25, 0.3) is 5.91 Å². The highest BCUT2D eigenvalue weighted by molar-refractivity contribution is 7.91. The quantitative estimate of drug-likeness (QED) is 0.451. The molecule has 1 amide bonds. The Labute approximate surface area is 194 Å². The van der Waals surface area contributed by atoms with Crippen LogP contribution >= 0.6 is 0 Å². The van der Waals surface area contributed by atoms with E-state index in [1.54, 1.807) is 12.1 Å². The lowest BCUT2D eigenvalue weighted by atomic mass is 10.0. The molecule has 1 atom stereocenters. The number of sulfone groups is 1. The number of rotatable bonds is 7. The lowest BCUT2D eigenvalue weighted by Gasteiger charge is -2.30. The fourth-order valence-corrected chi connectivity index (χ4v) is 5.99. The van der Waals surface area contributed by atoms with Gasteiger partial charge in [-0.15, -0.1) is 0 Å². The minimum atomic E-state index is -3.89. The summed E-state index contributed by atoms with van der Waals surface area (Å²) in [5.41, 5.74) is 1.55. The molecular weight excluding hydrogens is 436 g/mol. The van der Waals surface area contributed by atoms with Crippen molar-refractivity contribution >= 4 is 21.5 Å². The van der Waals surface area contributed by atoms with Crippen molar-refractivity contribution in [3.63, 3.8) is 0 Å². The molecule has 33 heavy (non-hydrogen) atoms. The molecule has 6 nitrogen and oxygen atoms in total. The van der Waals surface area contributed by atoms with Crippen LogP contribution in [-0.4, -0.2) is 44.6 Å². The summed E-state index contributed by atoms with van der Waals surface area (Å²) in [4.78, 5) is 27.9. The van der Waals surface area contributed by atoms with Crippen molar-refractivity contribution in [3.05, 3.63) is 95.1 Å². The zero-order chi connectivity index (χ0) is 23.6. The second-order valence-electron chi connectivity index (χ2n) is 7.90. The van der Waals surface area contributed by atoms with Gasteiger partial charge in [-0.3, -0.25) is 14.5 Å². The number of amides is 1. The zero-order valence-corrected chi connectivity index (χ0v) is 19.4. The molecule has 3 aromatic rings. The summed E-state index contributed by atoms with van der Waals surface area (Å²) >= 11 is 0. The second kappa shape index (κ2) is 9.29. The molecule has 4 rings (SSSR count). The highest BCUT2D eigenvalue weighted by Crippen LogP contribution is 2.34. The van der Waals surface area contributed by atoms with Gasteiger partial charge >= 0.3 is 0 Å². The summed E-state index contributed by atoms with van der Waals surface area (Å²) in [5, 5.41) is 2.95. The van der Waals surface area contributed by atoms with Crippen LogP contribution < -0.4 is 5.32 Å². The van der Waals surface area contributed by atoms with Crippen molar-refractivity contribution in [2.45, 2.75) is 29.7 Å². The van der Waals surface area contributed by atoms with E-state index >= 15 is 0 Å². The Hall–Kier alpha value is -3.29. The average molecular weight is 463 g/mol. The van der Waals surface area contributed by atoms with E-state index in [-0.39, 0.29) is 44.2 Å². The zero-order valence-electron chi connectivity index (χ0n) is 18.6. The number of ketones is 1. The van der Waals surface area contributed by atoms with Crippen molar-refractivity contribution in [3.8, 4) is 0 Å². The van der Waals surface area contributed by atoms with Gasteiger partial charge in [-0.1, -0.05) is 56.3 Å². The molecular formula is C26H26N2O4S. The molecule has 3 aromatic carbocycles. The van der Waals surface area contributed by atoms with Crippen molar-refractivity contribution in [2.75, 3.05) is 19.6 Å². The van der Waals surface area contributed by atoms with Gasteiger partial charge < -0.3 is 5.32 Å². The molecule has 0 fully saturated rings. The van der Waals surface area contributed by atoms with Gasteiger partial charge in [0.05, 0.1) is 15.8 Å². The summed E-state index contributed by atoms with van der Waals surface area (Å²) in [6.45, 7) is 6.17. The Balaban J connectivity index is 1.61. The van der Waals surface area contributed by atoms with Crippen molar-refractivity contribution in [1.82, 2.24) is 10.2 Å². The molecule has 0 bridgehead atoms. The number of nitrogens with zero attached hydrogens (tertiary/aromatic N) is 1. The largest absolute Gasteiger partial charge is 0.350 e. The summed E-state index contributed by atoms with van der Waals surface area (Å²) in [7, 11) is -3.89. The number of likely N-dealkylation sites (N-methyl/N-ethyl adjacent to an activating group) is 1. The summed E-state index contributed by atoms with van der Waals surface area (Å²) in [6.07, 6.45) is 0. The monoisotopic (exact) mass is 462 g/mol. The number of hydrogen-bond acceptors (Lipinski definition) is 5. The SMILES string of the molecule is CCN(CC)[C@@H](CNC(=O)c1ccc2c(c1)S(=O)(=O)c1ccccc1C2=O)c1ccccc1. The molecule has 0 aliphatic carbocycles. The minimum Gasteiger partial charge on any atom is -0.350 e. The van der Waals surface area contributed by atoms with Crippen LogP contribution in [0.3, 0.4) is 0 Å². The number of benzene rings is 3. The molecule has 0 spiro atoms. The summed E-state index contributed by atoms with van der Waals surface area (Å²) in [6, 6.07) is 20.3. The van der Waals surface area contributed by atoms with Crippen molar-refractivity contribution in [2.24, 2.45) is 0 Å². The van der Waals surface area contributed by atoms with Gasteiger partial charge in [0.2, 0.25) is 9.84 Å². The average Bonchev–Trinajstić information content (AvgIpc) is 2.85. The highest BCUT2D eigenvalue weighted by Gasteiger charge is 2.35. The molecule has 1 heterocycles. The van der Waals surface area contributed by atoms with E-state index < -0.39 is 9.84 Å². The smallest absolute Gasteiger partial charge is 0.251 e. The van der Waals surface area contributed by atoms with Crippen LogP contribution in [0, 0.1) is 0 Å². The van der Waals surface area contributed by atoms with E-state index in [0.717, 1.165) is 18.7 Å². The Morgan fingerprint density at radius 3 is 2.21 bits per heavy atom. The Morgan fingerprint density at radius 2 is 1.52 bits per heavy atom. The third-order valence-electron chi connectivity index (χ3n) is 6.09. The van der Waals surface area contributed by atoms with Crippen LogP contribution in [0.2, 0.25) is 0 Å². The highest BCUT2D eigenvalue weighted by atomic mass is 32.2. The predicted molar refractivity (Wildman–Crippen MR) is 126 cm³/mol. The summed E-state index contributed by atoms with van der Waals surface area (Å²) in [5.74, 6) is -0.736. The maximum Gasteiger partial charge on any atom is 0.251 e. The first kappa shape index (κ1) is 22.9. The molecule has 1 N–H and O–H groups in total. The number of carbonyl (C=O) groups excluding carboxylic acids is 2. The summed E-state index contributed by atoms with van der Waals surface area (Å²) < 4.78 is 26.3. The molecule has 0 saturated carbocycles. The van der Waals surface area contributed by atoms with E-state index in [1.165, 1.54) is 30.3 Å². The van der Waals surface area contributed by atoms with Gasteiger partial charge in [-0.05, 0) is 49.0 Å². The normalized spacial score (nSPS) is 14.9. The van der Waals surface area contributed by atoms with E-state index in [1.807, 2.05) is 30.3 Å². The molecule has 170 valence electrons. The van der Waals surface area contributed by atoms with Crippen LogP contribution in [0.5, 0.6) is 0 Å². The standard InChI is InChI=1S/C26H26N2O4S/c1-3-28(4-2)22(18-10-6-5-7-11-18)17-27-26(30)19-14-15-21-24(16-19)33(31,32)23-13-9-8-12-20(23)25(21)29/h5-16,22H,3-4,17H2,1-2H3,(H,27,30)/t22-/m0/s1. The van der Waals surface area contributed by atoms with Crippen LogP contribution in [0.25, 0.3) is 0 Å². The molecule has 1 aliphatic rings. The number of carbonyl (C=O) groups is 2. The molecule has 1 aliphatic heterocycles. The lowest BCUT2D eigenvalue weighted by molar-refractivity contribution is 0.0933. The number of hydrogen-bond donors (Lipinski definition) is 1. The van der Waals surface area contributed by atoms with Crippen LogP contribution in [0.15, 0.2) is 82.6 Å². The maximum atomic E-state index is 13.1. The van der Waals surface area contributed by atoms with Gasteiger partial charge in [0.1, 0.15) is 0 Å². The van der Waals surface area contributed by atoms with Gasteiger partial charge in [0.15, 0.2) is 5.78 Å². The molecule has 0 aromatic heterocycles. The van der Waals surface area contributed by atoms with Crippen LogP contribution in [0.4, 0.5) is 0 Å². The minimum absolute atomic E-state index is 0.0139. The molecule has 0 saturated heterocycles. The first-order valence-corrected chi connectivity index (χ1v) is 12.5. The predicted octanol–water partition coefficient (Wildman–Crippen LogP) is 3.88. The first-order chi connectivity index (χ1) is 15.9. The van der Waals surface area contributed by atoms with E-state index in [0.29, 0.717) is 6.54 Å². The van der Waals surface area contributed by atoms with Crippen LogP contribution in [-0.2, 0) is 9.84 Å². The Bertz CT molecular complexity index is 1300. The molecule has 0 unspecified atom stereocenters. The van der Waals surface area contributed by atoms with Gasteiger partial charge in [-0.2, -0.15) is 0 Å². The lowest BCUT2D eigenvalue weighted by Crippen LogP contribution is -2.38. The number of fused-ring (bicyclic) bond motifs is 2. The van der Waals surface area contributed by atoms with Crippen molar-refractivity contribution < 1.29 is 18.0 Å². The fourth-order valence-electron chi connectivity index (χ4n) is 4.31. The van der Waals surface area contributed by atoms with Gasteiger partial charge in [0, 0.05) is 23.2 Å². The third kappa shape index (κ3) is 4.21.